The summed E-state index contributed by atoms with van der Waals surface area (Å²) in [5.74, 6) is 0. The Bertz CT molecular complexity index is 1790. The SMILES string of the molecule is FC(F)(F)c1ccc(N=Cc2cccc(CP(c3ccccc3)c3ccccc3)n2)c(P(c2ccccc2)c2ccccc2)c1. The van der Waals surface area contributed by atoms with E-state index in [0.717, 1.165) is 28.5 Å². The Morgan fingerprint density at radius 1 is 0.578 bits per heavy atom. The van der Waals surface area contributed by atoms with Crippen LogP contribution in [0.4, 0.5) is 18.9 Å². The summed E-state index contributed by atoms with van der Waals surface area (Å²) in [6, 6.07) is 50.0. The van der Waals surface area contributed by atoms with Crippen LogP contribution in [0.5, 0.6) is 0 Å². The second-order valence-corrected chi connectivity index (χ2v) is 14.7. The van der Waals surface area contributed by atoms with Crippen LogP contribution < -0.4 is 26.5 Å². The normalized spacial score (nSPS) is 11.8. The summed E-state index contributed by atoms with van der Waals surface area (Å²) in [7, 11) is -2.00. The van der Waals surface area contributed by atoms with Crippen molar-refractivity contribution >= 4 is 54.3 Å². The number of alkyl halides is 3. The highest BCUT2D eigenvalue weighted by atomic mass is 31.1. The van der Waals surface area contributed by atoms with Crippen LogP contribution in [0, 0.1) is 0 Å². The summed E-state index contributed by atoms with van der Waals surface area (Å²) in [5, 5.41) is 4.98. The molecule has 0 radical (unpaired) electrons. The Balaban J connectivity index is 1.37. The highest BCUT2D eigenvalue weighted by Crippen LogP contribution is 2.40. The molecule has 0 unspecified atom stereocenters. The number of hydrogen-bond acceptors (Lipinski definition) is 2. The monoisotopic (exact) mass is 632 g/mol. The first-order valence-electron chi connectivity index (χ1n) is 14.4. The molecule has 0 saturated carbocycles. The first-order chi connectivity index (χ1) is 22.0. The predicted molar refractivity (Wildman–Crippen MR) is 184 cm³/mol. The molecule has 7 heteroatoms. The molecular formula is C38H29F3N2P2. The van der Waals surface area contributed by atoms with E-state index >= 15 is 0 Å². The highest BCUT2D eigenvalue weighted by molar-refractivity contribution is 7.80. The second-order valence-electron chi connectivity index (χ2n) is 10.3. The number of benzene rings is 5. The minimum Gasteiger partial charge on any atom is -0.254 e. The smallest absolute Gasteiger partial charge is 0.254 e. The lowest BCUT2D eigenvalue weighted by molar-refractivity contribution is -0.137. The van der Waals surface area contributed by atoms with Gasteiger partial charge in [-0.05, 0) is 67.4 Å². The molecule has 6 rings (SSSR count). The van der Waals surface area contributed by atoms with Gasteiger partial charge in [-0.15, -0.1) is 0 Å². The van der Waals surface area contributed by atoms with Crippen LogP contribution in [0.15, 0.2) is 163 Å². The molecule has 0 spiro atoms. The standard InChI is InChI=1S/C38H29F3N2P2/c39-38(40,41)29-24-25-36(37(26-29)45(34-20-9-3-10-21-34)35-22-11-4-12-23-35)42-27-30-14-13-15-31(43-30)28-44(32-16-5-1-6-17-32)33-18-7-2-8-19-33/h1-27H,28H2. The van der Waals surface area contributed by atoms with Gasteiger partial charge in [0.15, 0.2) is 0 Å². The van der Waals surface area contributed by atoms with Gasteiger partial charge in [-0.2, -0.15) is 13.2 Å². The molecule has 1 aromatic heterocycles. The van der Waals surface area contributed by atoms with Crippen molar-refractivity contribution in [2.24, 2.45) is 4.99 Å². The van der Waals surface area contributed by atoms with Crippen molar-refractivity contribution in [2.45, 2.75) is 12.3 Å². The third-order valence-electron chi connectivity index (χ3n) is 7.19. The van der Waals surface area contributed by atoms with E-state index in [4.69, 9.17) is 9.98 Å². The summed E-state index contributed by atoms with van der Waals surface area (Å²) >= 11 is 0. The molecule has 45 heavy (non-hydrogen) atoms. The van der Waals surface area contributed by atoms with Gasteiger partial charge in [0.25, 0.3) is 0 Å². The molecular weight excluding hydrogens is 603 g/mol. The fourth-order valence-corrected chi connectivity index (χ4v) is 9.72. The van der Waals surface area contributed by atoms with Crippen molar-refractivity contribution in [1.29, 1.82) is 0 Å². The molecule has 0 bridgehead atoms. The Morgan fingerprint density at radius 3 is 1.60 bits per heavy atom. The van der Waals surface area contributed by atoms with Crippen LogP contribution in [-0.2, 0) is 12.3 Å². The number of hydrogen-bond donors (Lipinski definition) is 0. The van der Waals surface area contributed by atoms with Gasteiger partial charge in [0.05, 0.1) is 23.2 Å². The van der Waals surface area contributed by atoms with Crippen LogP contribution in [0.2, 0.25) is 0 Å². The largest absolute Gasteiger partial charge is 0.416 e. The zero-order valence-electron chi connectivity index (χ0n) is 24.2. The van der Waals surface area contributed by atoms with E-state index in [2.05, 4.69) is 48.5 Å². The molecule has 222 valence electrons. The summed E-state index contributed by atoms with van der Waals surface area (Å²) in [6.45, 7) is 0. The topological polar surface area (TPSA) is 25.2 Å². The first kappa shape index (κ1) is 30.6. The van der Waals surface area contributed by atoms with Crippen molar-refractivity contribution in [3.63, 3.8) is 0 Å². The molecule has 0 fully saturated rings. The third kappa shape index (κ3) is 7.63. The number of pyridine rings is 1. The Labute approximate surface area is 263 Å². The van der Waals surface area contributed by atoms with E-state index in [9.17, 15) is 13.2 Å². The molecule has 0 aliphatic heterocycles. The lowest BCUT2D eigenvalue weighted by Crippen LogP contribution is -2.22. The molecule has 0 aliphatic carbocycles. The summed E-state index contributed by atoms with van der Waals surface area (Å²) in [5.41, 5.74) is 1.38. The van der Waals surface area contributed by atoms with Crippen LogP contribution in [0.25, 0.3) is 0 Å². The van der Waals surface area contributed by atoms with Gasteiger partial charge >= 0.3 is 6.18 Å². The zero-order valence-corrected chi connectivity index (χ0v) is 26.0. The van der Waals surface area contributed by atoms with E-state index < -0.39 is 27.6 Å². The van der Waals surface area contributed by atoms with E-state index in [1.54, 1.807) is 6.21 Å². The van der Waals surface area contributed by atoms with E-state index in [-0.39, 0.29) is 0 Å². The lowest BCUT2D eigenvalue weighted by atomic mass is 10.2. The maximum Gasteiger partial charge on any atom is 0.416 e. The van der Waals surface area contributed by atoms with Crippen LogP contribution >= 0.6 is 15.8 Å². The predicted octanol–water partition coefficient (Wildman–Crippen LogP) is 8.24. The number of aliphatic imine (C=N–C) groups is 1. The van der Waals surface area contributed by atoms with E-state index in [1.807, 2.05) is 91.0 Å². The molecule has 0 amide bonds. The molecule has 1 heterocycles. The van der Waals surface area contributed by atoms with Gasteiger partial charge in [-0.25, -0.2) is 0 Å². The summed E-state index contributed by atoms with van der Waals surface area (Å²) in [6.07, 6.45) is -2.06. The van der Waals surface area contributed by atoms with Gasteiger partial charge in [-0.3, -0.25) is 9.98 Å². The maximum absolute atomic E-state index is 14.0. The minimum atomic E-state index is -4.48. The third-order valence-corrected chi connectivity index (χ3v) is 12.1. The molecule has 2 nitrogen and oxygen atoms in total. The Hall–Kier alpha value is -4.43. The first-order valence-corrected chi connectivity index (χ1v) is 17.3. The number of aromatic nitrogens is 1. The average molecular weight is 633 g/mol. The fraction of sp³-hybridized carbons (Fsp3) is 0.0526. The van der Waals surface area contributed by atoms with Crippen molar-refractivity contribution in [2.75, 3.05) is 0 Å². The average Bonchev–Trinajstić information content (AvgIpc) is 3.08. The second kappa shape index (κ2) is 14.1. The molecule has 5 aromatic carbocycles. The van der Waals surface area contributed by atoms with Gasteiger partial charge < -0.3 is 0 Å². The zero-order chi connectivity index (χ0) is 31.1. The number of rotatable bonds is 9. The number of nitrogens with zero attached hydrogens (tertiary/aromatic N) is 2. The van der Waals surface area contributed by atoms with Gasteiger partial charge in [0.2, 0.25) is 0 Å². The van der Waals surface area contributed by atoms with Crippen LogP contribution in [0.3, 0.4) is 0 Å². The highest BCUT2D eigenvalue weighted by Gasteiger charge is 2.32. The van der Waals surface area contributed by atoms with Crippen LogP contribution in [0.1, 0.15) is 17.0 Å². The van der Waals surface area contributed by atoms with Gasteiger partial charge in [0, 0.05) is 17.2 Å². The quantitative estimate of drug-likeness (QED) is 0.116. The maximum atomic E-state index is 14.0. The molecule has 0 atom stereocenters. The van der Waals surface area contributed by atoms with Crippen molar-refractivity contribution in [3.05, 3.63) is 175 Å². The molecule has 0 saturated heterocycles. The molecule has 0 aliphatic rings. The van der Waals surface area contributed by atoms with E-state index in [1.165, 1.54) is 22.7 Å². The summed E-state index contributed by atoms with van der Waals surface area (Å²) < 4.78 is 41.9. The van der Waals surface area contributed by atoms with Gasteiger partial charge in [0.1, 0.15) is 0 Å². The minimum absolute atomic E-state index is 0.491. The van der Waals surface area contributed by atoms with Crippen molar-refractivity contribution in [1.82, 2.24) is 4.98 Å². The lowest BCUT2D eigenvalue weighted by Gasteiger charge is -2.22. The van der Waals surface area contributed by atoms with Crippen molar-refractivity contribution < 1.29 is 13.2 Å². The molecule has 6 aromatic rings. The van der Waals surface area contributed by atoms with E-state index in [0.29, 0.717) is 16.7 Å². The molecule has 0 N–H and O–H groups in total. The van der Waals surface area contributed by atoms with Crippen molar-refractivity contribution in [3.8, 4) is 0 Å². The van der Waals surface area contributed by atoms with Gasteiger partial charge in [-0.1, -0.05) is 127 Å². The Morgan fingerprint density at radius 2 is 1.09 bits per heavy atom. The fourth-order valence-electron chi connectivity index (χ4n) is 5.07. The van der Waals surface area contributed by atoms with Crippen LogP contribution in [-0.4, -0.2) is 11.2 Å². The number of halogens is 3. The Kier molecular flexibility index (Phi) is 9.60. The summed E-state index contributed by atoms with van der Waals surface area (Å²) in [4.78, 5) is 9.69.